The van der Waals surface area contributed by atoms with Crippen LogP contribution in [0.1, 0.15) is 48.6 Å². The molecule has 3 heterocycles. The number of unbranched alkanes of at least 4 members (excludes halogenated alkanes) is 1. The Hall–Kier alpha value is -4.03. The average molecular weight is 641 g/mol. The van der Waals surface area contributed by atoms with Crippen LogP contribution in [0.25, 0.3) is 33.7 Å². The fourth-order valence-electron chi connectivity index (χ4n) is 4.55. The number of rotatable bonds is 11. The summed E-state index contributed by atoms with van der Waals surface area (Å²) < 4.78 is 13.8. The van der Waals surface area contributed by atoms with E-state index in [1.807, 2.05) is 42.5 Å². The molecule has 0 spiro atoms. The van der Waals surface area contributed by atoms with Crippen LogP contribution in [0.5, 0.6) is 0 Å². The summed E-state index contributed by atoms with van der Waals surface area (Å²) in [6.07, 6.45) is 2.49. The first-order valence-corrected chi connectivity index (χ1v) is 14.3. The lowest BCUT2D eigenvalue weighted by Crippen LogP contribution is -2.32. The molecule has 5 aromatic rings. The van der Waals surface area contributed by atoms with Gasteiger partial charge in [-0.25, -0.2) is 4.98 Å². The predicted molar refractivity (Wildman–Crippen MR) is 156 cm³/mol. The molecule has 3 aromatic heterocycles. The summed E-state index contributed by atoms with van der Waals surface area (Å²) in [5.74, 6) is 0.759. The number of hydrogen-bond acceptors (Lipinski definition) is 8. The maximum absolute atomic E-state index is 13.1. The third-order valence-electron chi connectivity index (χ3n) is 6.46. The normalized spacial score (nSPS) is 11.2. The third kappa shape index (κ3) is 6.03. The van der Waals surface area contributed by atoms with Crippen LogP contribution >= 0.6 is 27.5 Å². The number of amides is 1. The van der Waals surface area contributed by atoms with Crippen LogP contribution in [0.15, 0.2) is 51.4 Å². The zero-order valence-electron chi connectivity index (χ0n) is 22.4. The molecule has 212 valence electrons. The summed E-state index contributed by atoms with van der Waals surface area (Å²) in [4.78, 5) is 29.4. The molecule has 2 N–H and O–H groups in total. The minimum atomic E-state index is -0.527. The van der Waals surface area contributed by atoms with E-state index >= 15 is 0 Å². The Kier molecular flexibility index (Phi) is 8.79. The van der Waals surface area contributed by atoms with Crippen molar-refractivity contribution >= 4 is 50.4 Å². The van der Waals surface area contributed by atoms with Gasteiger partial charge in [-0.2, -0.15) is 5.21 Å². The van der Waals surface area contributed by atoms with E-state index in [1.54, 1.807) is 11.5 Å². The summed E-state index contributed by atoms with van der Waals surface area (Å²) in [6, 6.07) is 13.5. The number of hydrogen-bond donors (Lipinski definition) is 2. The molecule has 5 rings (SSSR count). The summed E-state index contributed by atoms with van der Waals surface area (Å²) in [5.41, 5.74) is 3.36. The number of aromatic amines is 1. The monoisotopic (exact) mass is 639 g/mol. The molecule has 0 aliphatic rings. The van der Waals surface area contributed by atoms with Crippen LogP contribution in [0.4, 0.5) is 0 Å². The molecule has 1 amide bonds. The molecule has 0 saturated heterocycles. The second kappa shape index (κ2) is 12.6. The van der Waals surface area contributed by atoms with Crippen molar-refractivity contribution in [3.8, 4) is 22.7 Å². The molecule has 0 aliphatic carbocycles. The van der Waals surface area contributed by atoms with Crippen LogP contribution in [0.2, 0.25) is 5.15 Å². The van der Waals surface area contributed by atoms with Gasteiger partial charge in [0.1, 0.15) is 29.4 Å². The average Bonchev–Trinajstić information content (AvgIpc) is 3.69. The summed E-state index contributed by atoms with van der Waals surface area (Å²) >= 11 is 10.2. The van der Waals surface area contributed by atoms with E-state index in [1.165, 1.54) is 0 Å². The number of benzene rings is 2. The predicted octanol–water partition coefficient (Wildman–Crippen LogP) is 5.58. The Labute approximate surface area is 248 Å². The number of aryl methyl sites for hydroxylation is 1. The number of ether oxygens (including phenoxy) is 1. The molecular formula is C28H27BrClN7O4. The van der Waals surface area contributed by atoms with Crippen molar-refractivity contribution in [3.05, 3.63) is 69.2 Å². The van der Waals surface area contributed by atoms with E-state index in [2.05, 4.69) is 53.8 Å². The van der Waals surface area contributed by atoms with Crippen LogP contribution in [-0.4, -0.2) is 55.2 Å². The number of nitrogens with zero attached hydrogens (tertiary/aromatic N) is 5. The van der Waals surface area contributed by atoms with Gasteiger partial charge in [0.05, 0.1) is 11.1 Å². The quantitative estimate of drug-likeness (QED) is 0.178. The van der Waals surface area contributed by atoms with Crippen molar-refractivity contribution in [3.63, 3.8) is 0 Å². The number of esters is 1. The van der Waals surface area contributed by atoms with Gasteiger partial charge < -0.3 is 19.0 Å². The molecule has 2 aromatic carbocycles. The smallest absolute Gasteiger partial charge is 0.325 e. The zero-order valence-corrected chi connectivity index (χ0v) is 24.8. The Morgan fingerprint density at radius 1 is 1.17 bits per heavy atom. The van der Waals surface area contributed by atoms with Crippen LogP contribution in [-0.2, 0) is 22.5 Å². The van der Waals surface area contributed by atoms with Crippen LogP contribution in [0.3, 0.4) is 0 Å². The topological polar surface area (TPSA) is 141 Å². The number of furan rings is 1. The molecule has 0 radical (unpaired) electrons. The minimum Gasteiger partial charge on any atom is -0.465 e. The number of carbonyl (C=O) groups excluding carboxylic acids is 2. The van der Waals surface area contributed by atoms with E-state index in [-0.39, 0.29) is 24.0 Å². The summed E-state index contributed by atoms with van der Waals surface area (Å²) in [6.45, 7) is 4.09. The number of carbonyl (C=O) groups is 2. The van der Waals surface area contributed by atoms with Gasteiger partial charge in [-0.3, -0.25) is 9.59 Å². The zero-order chi connectivity index (χ0) is 28.9. The van der Waals surface area contributed by atoms with Gasteiger partial charge in [0.25, 0.3) is 5.91 Å². The van der Waals surface area contributed by atoms with Gasteiger partial charge in [0.2, 0.25) is 5.82 Å². The van der Waals surface area contributed by atoms with Crippen molar-refractivity contribution in [1.29, 1.82) is 0 Å². The van der Waals surface area contributed by atoms with Crippen molar-refractivity contribution in [2.24, 2.45) is 0 Å². The maximum Gasteiger partial charge on any atom is 0.325 e. The molecule has 0 atom stereocenters. The molecule has 41 heavy (non-hydrogen) atoms. The molecule has 0 fully saturated rings. The molecule has 11 nitrogen and oxygen atoms in total. The van der Waals surface area contributed by atoms with Gasteiger partial charge >= 0.3 is 5.97 Å². The van der Waals surface area contributed by atoms with Crippen molar-refractivity contribution < 1.29 is 18.7 Å². The highest BCUT2D eigenvalue weighted by Gasteiger charge is 2.24. The largest absolute Gasteiger partial charge is 0.465 e. The fourth-order valence-corrected chi connectivity index (χ4v) is 5.44. The van der Waals surface area contributed by atoms with E-state index in [0.29, 0.717) is 36.0 Å². The third-order valence-corrected chi connectivity index (χ3v) is 7.51. The first-order valence-electron chi connectivity index (χ1n) is 13.1. The molecule has 0 bridgehead atoms. The number of imidazole rings is 1. The lowest BCUT2D eigenvalue weighted by atomic mass is 10.0. The Balaban J connectivity index is 1.50. The second-order valence-electron chi connectivity index (χ2n) is 9.20. The van der Waals surface area contributed by atoms with Crippen molar-refractivity contribution in [2.45, 2.75) is 39.7 Å². The fraction of sp³-hybridized carbons (Fsp3) is 0.286. The van der Waals surface area contributed by atoms with Crippen molar-refractivity contribution in [1.82, 2.24) is 35.5 Å². The van der Waals surface area contributed by atoms with E-state index in [9.17, 15) is 9.59 Å². The lowest BCUT2D eigenvalue weighted by Gasteiger charge is -2.13. The first kappa shape index (κ1) is 28.5. The Morgan fingerprint density at radius 3 is 2.71 bits per heavy atom. The number of tetrazole rings is 1. The highest BCUT2D eigenvalue weighted by atomic mass is 79.9. The van der Waals surface area contributed by atoms with E-state index in [0.717, 1.165) is 39.4 Å². The molecular weight excluding hydrogens is 614 g/mol. The lowest BCUT2D eigenvalue weighted by molar-refractivity contribution is -0.141. The molecule has 13 heteroatoms. The standard InChI is InChI=1S/C28H27BrClN7O4/c1-3-5-10-21-32-26(30)24(28(39)31-14-22(38)40-4-2)37(21)15-16-11-12-20-19(13-16)23(29)25(41-20)17-8-6-7-9-18(17)27-33-35-36-34-27/h6-9,11-13H,3-5,10,14-15H2,1-2H3,(H,31,39)(H,33,34,35,36). The Morgan fingerprint density at radius 2 is 1.98 bits per heavy atom. The van der Waals surface area contributed by atoms with Gasteiger partial charge in [0.15, 0.2) is 5.15 Å². The first-order chi connectivity index (χ1) is 19.9. The second-order valence-corrected chi connectivity index (χ2v) is 10.4. The SMILES string of the molecule is CCCCc1nc(Cl)c(C(=O)NCC(=O)OCC)n1Cc1ccc2oc(-c3ccccc3-c3nn[nH]n3)c(Br)c2c1. The number of H-pyrrole nitrogens is 1. The van der Waals surface area contributed by atoms with Gasteiger partial charge in [-0.05, 0) is 52.2 Å². The van der Waals surface area contributed by atoms with E-state index in [4.69, 9.17) is 20.8 Å². The summed E-state index contributed by atoms with van der Waals surface area (Å²) in [5, 5.41) is 18.0. The number of fused-ring (bicyclic) bond motifs is 1. The van der Waals surface area contributed by atoms with Gasteiger partial charge in [0, 0.05) is 29.5 Å². The van der Waals surface area contributed by atoms with Crippen molar-refractivity contribution in [2.75, 3.05) is 13.2 Å². The molecule has 0 saturated carbocycles. The number of halogens is 2. The Bertz CT molecular complexity index is 1700. The highest BCUT2D eigenvalue weighted by Crippen LogP contribution is 2.41. The molecule has 0 unspecified atom stereocenters. The van der Waals surface area contributed by atoms with Gasteiger partial charge in [-0.1, -0.05) is 55.3 Å². The number of nitrogens with one attached hydrogen (secondary N) is 2. The van der Waals surface area contributed by atoms with Crippen LogP contribution < -0.4 is 5.32 Å². The highest BCUT2D eigenvalue weighted by molar-refractivity contribution is 9.10. The number of aromatic nitrogens is 6. The van der Waals surface area contributed by atoms with Crippen LogP contribution in [0, 0.1) is 0 Å². The van der Waals surface area contributed by atoms with E-state index < -0.39 is 11.9 Å². The van der Waals surface area contributed by atoms with Gasteiger partial charge in [-0.15, -0.1) is 10.2 Å². The minimum absolute atomic E-state index is 0.0865. The maximum atomic E-state index is 13.1. The summed E-state index contributed by atoms with van der Waals surface area (Å²) in [7, 11) is 0. The molecule has 0 aliphatic heterocycles.